The van der Waals surface area contributed by atoms with Crippen LogP contribution in [0, 0.1) is 0 Å². The summed E-state index contributed by atoms with van der Waals surface area (Å²) in [7, 11) is 1.76. The van der Waals surface area contributed by atoms with Crippen molar-refractivity contribution in [1.29, 1.82) is 0 Å². The smallest absolute Gasteiger partial charge is 0.255 e. The van der Waals surface area contributed by atoms with E-state index in [-0.39, 0.29) is 29.7 Å². The summed E-state index contributed by atoms with van der Waals surface area (Å²) in [6.07, 6.45) is 1.60. The van der Waals surface area contributed by atoms with E-state index < -0.39 is 6.04 Å². The standard InChI is InChI=1S/C20H26N4O4/c1-28-20(11-22-12-20)6-7-21-9-13-2-3-15-14(8-13)10-24(19(15)27)16-4-5-17(25)23-18(16)26/h2-3,8,16,21-22H,4-7,9-12H2,1H3,(H,23,25,26). The first-order valence-corrected chi connectivity index (χ1v) is 9.74. The second kappa shape index (κ2) is 7.62. The molecule has 0 saturated carbocycles. The molecule has 150 valence electrons. The highest BCUT2D eigenvalue weighted by molar-refractivity contribution is 6.05. The molecule has 28 heavy (non-hydrogen) atoms. The monoisotopic (exact) mass is 386 g/mol. The van der Waals surface area contributed by atoms with Crippen molar-refractivity contribution in [2.45, 2.75) is 44.0 Å². The van der Waals surface area contributed by atoms with Crippen LogP contribution in [0.1, 0.15) is 40.7 Å². The number of carbonyl (C=O) groups is 3. The van der Waals surface area contributed by atoms with E-state index >= 15 is 0 Å². The normalized spacial score (nSPS) is 23.4. The molecule has 2 saturated heterocycles. The van der Waals surface area contributed by atoms with Gasteiger partial charge in [0.15, 0.2) is 0 Å². The average Bonchev–Trinajstić information content (AvgIpc) is 2.96. The summed E-state index contributed by atoms with van der Waals surface area (Å²) in [5, 5.41) is 9.01. The fraction of sp³-hybridized carbons (Fsp3) is 0.550. The van der Waals surface area contributed by atoms with Crippen LogP contribution in [0.15, 0.2) is 18.2 Å². The first-order valence-electron chi connectivity index (χ1n) is 9.74. The number of hydrogen-bond donors (Lipinski definition) is 3. The van der Waals surface area contributed by atoms with E-state index in [4.69, 9.17) is 4.74 Å². The number of imide groups is 1. The van der Waals surface area contributed by atoms with Crippen LogP contribution in [0.3, 0.4) is 0 Å². The zero-order valence-corrected chi connectivity index (χ0v) is 16.0. The molecule has 8 heteroatoms. The van der Waals surface area contributed by atoms with Gasteiger partial charge in [-0.3, -0.25) is 19.7 Å². The van der Waals surface area contributed by atoms with Crippen LogP contribution < -0.4 is 16.0 Å². The van der Waals surface area contributed by atoms with E-state index in [9.17, 15) is 14.4 Å². The highest BCUT2D eigenvalue weighted by atomic mass is 16.5. The molecule has 0 bridgehead atoms. The fourth-order valence-corrected chi connectivity index (χ4v) is 4.11. The number of benzene rings is 1. The molecule has 3 aliphatic rings. The number of methoxy groups -OCH3 is 1. The number of hydrogen-bond acceptors (Lipinski definition) is 6. The molecule has 1 aromatic rings. The summed E-state index contributed by atoms with van der Waals surface area (Å²) >= 11 is 0. The van der Waals surface area contributed by atoms with Gasteiger partial charge in [-0.15, -0.1) is 0 Å². The molecule has 3 aliphatic heterocycles. The quantitative estimate of drug-likeness (QED) is 0.448. The Hall–Kier alpha value is -2.29. The Morgan fingerprint density at radius 1 is 1.29 bits per heavy atom. The number of nitrogens with zero attached hydrogens (tertiary/aromatic N) is 1. The molecular formula is C20H26N4O4. The van der Waals surface area contributed by atoms with Crippen molar-refractivity contribution in [3.05, 3.63) is 34.9 Å². The lowest BCUT2D eigenvalue weighted by molar-refractivity contribution is -0.136. The van der Waals surface area contributed by atoms with Crippen molar-refractivity contribution >= 4 is 17.7 Å². The van der Waals surface area contributed by atoms with Gasteiger partial charge in [-0.1, -0.05) is 12.1 Å². The Balaban J connectivity index is 1.34. The minimum atomic E-state index is -0.569. The van der Waals surface area contributed by atoms with E-state index in [1.54, 1.807) is 12.0 Å². The molecule has 3 heterocycles. The maximum atomic E-state index is 12.7. The number of amides is 3. The molecular weight excluding hydrogens is 360 g/mol. The predicted molar refractivity (Wildman–Crippen MR) is 101 cm³/mol. The Morgan fingerprint density at radius 3 is 2.79 bits per heavy atom. The molecule has 0 aromatic heterocycles. The van der Waals surface area contributed by atoms with Crippen molar-refractivity contribution in [3.8, 4) is 0 Å². The first kappa shape index (κ1) is 19.0. The van der Waals surface area contributed by atoms with Gasteiger partial charge in [-0.05, 0) is 36.6 Å². The molecule has 0 aliphatic carbocycles. The van der Waals surface area contributed by atoms with E-state index in [1.807, 2.05) is 18.2 Å². The maximum Gasteiger partial charge on any atom is 0.255 e. The Kier molecular flexibility index (Phi) is 5.18. The summed E-state index contributed by atoms with van der Waals surface area (Å²) < 4.78 is 5.58. The van der Waals surface area contributed by atoms with Crippen LogP contribution in [0.5, 0.6) is 0 Å². The Morgan fingerprint density at radius 2 is 2.11 bits per heavy atom. The van der Waals surface area contributed by atoms with Crippen LogP contribution >= 0.6 is 0 Å². The maximum absolute atomic E-state index is 12.7. The number of nitrogens with one attached hydrogen (secondary N) is 3. The van der Waals surface area contributed by atoms with Gasteiger partial charge in [0, 0.05) is 45.3 Å². The zero-order valence-electron chi connectivity index (χ0n) is 16.0. The highest BCUT2D eigenvalue weighted by Gasteiger charge is 2.39. The van der Waals surface area contributed by atoms with E-state index in [0.717, 1.165) is 37.2 Å². The summed E-state index contributed by atoms with van der Waals surface area (Å²) in [4.78, 5) is 37.8. The van der Waals surface area contributed by atoms with Crippen molar-refractivity contribution in [2.75, 3.05) is 26.7 Å². The lowest BCUT2D eigenvalue weighted by Gasteiger charge is -2.41. The molecule has 3 N–H and O–H groups in total. The summed E-state index contributed by atoms with van der Waals surface area (Å²) in [5.74, 6) is -0.785. The number of ether oxygens (including phenoxy) is 1. The number of fused-ring (bicyclic) bond motifs is 1. The van der Waals surface area contributed by atoms with Gasteiger partial charge in [0.2, 0.25) is 11.8 Å². The van der Waals surface area contributed by atoms with Crippen molar-refractivity contribution in [2.24, 2.45) is 0 Å². The molecule has 0 radical (unpaired) electrons. The Labute approximate surface area is 164 Å². The minimum absolute atomic E-state index is 0.0419. The average molecular weight is 386 g/mol. The molecule has 4 rings (SSSR count). The fourth-order valence-electron chi connectivity index (χ4n) is 4.11. The van der Waals surface area contributed by atoms with Gasteiger partial charge >= 0.3 is 0 Å². The Bertz CT molecular complexity index is 800. The van der Waals surface area contributed by atoms with E-state index in [1.165, 1.54) is 0 Å². The third-order valence-electron chi connectivity index (χ3n) is 6.00. The molecule has 8 nitrogen and oxygen atoms in total. The van der Waals surface area contributed by atoms with Crippen molar-refractivity contribution in [1.82, 2.24) is 20.9 Å². The third-order valence-corrected chi connectivity index (χ3v) is 6.00. The van der Waals surface area contributed by atoms with Crippen LogP contribution in [0.2, 0.25) is 0 Å². The third kappa shape index (κ3) is 3.55. The summed E-state index contributed by atoms with van der Waals surface area (Å²) in [6.45, 7) is 3.76. The minimum Gasteiger partial charge on any atom is -0.376 e. The summed E-state index contributed by atoms with van der Waals surface area (Å²) in [6, 6.07) is 5.26. The molecule has 3 amide bonds. The molecule has 0 spiro atoms. The van der Waals surface area contributed by atoms with Gasteiger partial charge < -0.3 is 20.3 Å². The molecule has 1 aromatic carbocycles. The van der Waals surface area contributed by atoms with E-state index in [0.29, 0.717) is 25.1 Å². The number of piperidine rings is 1. The summed E-state index contributed by atoms with van der Waals surface area (Å²) in [5.41, 5.74) is 2.65. The van der Waals surface area contributed by atoms with Gasteiger partial charge in [-0.2, -0.15) is 0 Å². The second-order valence-corrected chi connectivity index (χ2v) is 7.81. The number of rotatable bonds is 7. The first-order chi connectivity index (χ1) is 13.5. The van der Waals surface area contributed by atoms with Gasteiger partial charge in [0.05, 0.1) is 5.60 Å². The molecule has 1 atom stereocenters. The van der Waals surface area contributed by atoms with Crippen molar-refractivity contribution in [3.63, 3.8) is 0 Å². The number of carbonyl (C=O) groups excluding carboxylic acids is 3. The molecule has 1 unspecified atom stereocenters. The second-order valence-electron chi connectivity index (χ2n) is 7.81. The SMILES string of the molecule is COC1(CCNCc2ccc3c(c2)CN(C2CCC(=O)NC2=O)C3=O)CNC1. The van der Waals surface area contributed by atoms with Crippen molar-refractivity contribution < 1.29 is 19.1 Å². The highest BCUT2D eigenvalue weighted by Crippen LogP contribution is 2.28. The molecule has 2 fully saturated rings. The van der Waals surface area contributed by atoms with Crippen LogP contribution in [-0.4, -0.2) is 61.0 Å². The van der Waals surface area contributed by atoms with Gasteiger partial charge in [0.1, 0.15) is 6.04 Å². The van der Waals surface area contributed by atoms with Gasteiger partial charge in [0.25, 0.3) is 5.91 Å². The van der Waals surface area contributed by atoms with Crippen LogP contribution in [-0.2, 0) is 27.4 Å². The van der Waals surface area contributed by atoms with E-state index in [2.05, 4.69) is 16.0 Å². The van der Waals surface area contributed by atoms with Crippen LogP contribution in [0.25, 0.3) is 0 Å². The van der Waals surface area contributed by atoms with Crippen LogP contribution in [0.4, 0.5) is 0 Å². The topological polar surface area (TPSA) is 99.8 Å². The largest absolute Gasteiger partial charge is 0.376 e. The van der Waals surface area contributed by atoms with Gasteiger partial charge in [-0.25, -0.2) is 0 Å². The zero-order chi connectivity index (χ0) is 19.7. The lowest BCUT2D eigenvalue weighted by atomic mass is 9.93. The predicted octanol–water partition coefficient (Wildman–Crippen LogP) is -0.0843. The lowest BCUT2D eigenvalue weighted by Crippen LogP contribution is -2.61.